The molecule has 22 heavy (non-hydrogen) atoms. The number of carbonyl (C=O) groups excluding carboxylic acids is 1. The maximum absolute atomic E-state index is 13.3. The molecule has 1 N–H and O–H groups in total. The van der Waals surface area contributed by atoms with Crippen molar-refractivity contribution in [2.45, 2.75) is 0 Å². The van der Waals surface area contributed by atoms with Gasteiger partial charge < -0.3 is 9.80 Å². The Labute approximate surface area is 130 Å². The first kappa shape index (κ1) is 16.7. The second-order valence-corrected chi connectivity index (χ2v) is 7.49. The number of likely N-dealkylation sites (N-methyl/N-ethyl adjacent to an activating group) is 1. The second-order valence-electron chi connectivity index (χ2n) is 5.59. The summed E-state index contributed by atoms with van der Waals surface area (Å²) in [6.45, 7) is 2.58. The fraction of sp³-hybridized carbons (Fsp3) is 0.500. The summed E-state index contributed by atoms with van der Waals surface area (Å²) in [4.78, 5) is 15.3. The highest BCUT2D eigenvalue weighted by Gasteiger charge is 2.27. The normalized spacial score (nSPS) is 16.6. The van der Waals surface area contributed by atoms with Crippen LogP contribution in [-0.4, -0.2) is 65.3 Å². The number of hydrogen-bond acceptors (Lipinski definition) is 3. The Hall–Kier alpha value is -1.67. The van der Waals surface area contributed by atoms with Crippen molar-refractivity contribution in [1.82, 2.24) is 4.90 Å². The highest BCUT2D eigenvalue weighted by atomic mass is 32.2. The molecular weight excluding hydrogens is 309 g/mol. The van der Waals surface area contributed by atoms with E-state index in [1.807, 2.05) is 0 Å². The summed E-state index contributed by atoms with van der Waals surface area (Å²) in [6.07, 6.45) is 1.01. The van der Waals surface area contributed by atoms with Crippen molar-refractivity contribution in [3.63, 3.8) is 0 Å². The molecule has 122 valence electrons. The van der Waals surface area contributed by atoms with E-state index in [9.17, 15) is 17.6 Å². The number of quaternary nitrogens is 1. The van der Waals surface area contributed by atoms with Crippen molar-refractivity contribution in [3.05, 3.63) is 30.1 Å². The van der Waals surface area contributed by atoms with E-state index in [2.05, 4.69) is 7.05 Å². The van der Waals surface area contributed by atoms with Crippen LogP contribution in [0.3, 0.4) is 0 Å². The van der Waals surface area contributed by atoms with Crippen LogP contribution in [0.15, 0.2) is 24.3 Å². The lowest BCUT2D eigenvalue weighted by molar-refractivity contribution is -0.883. The smallest absolute Gasteiger partial charge is 0.243 e. The van der Waals surface area contributed by atoms with Crippen LogP contribution in [0.2, 0.25) is 0 Å². The first-order chi connectivity index (χ1) is 10.3. The Morgan fingerprint density at radius 2 is 2.00 bits per heavy atom. The molecule has 0 atom stereocenters. The summed E-state index contributed by atoms with van der Waals surface area (Å²) >= 11 is 0. The largest absolute Gasteiger partial charge is 0.334 e. The first-order valence-corrected chi connectivity index (χ1v) is 8.94. The Balaban J connectivity index is 2.16. The van der Waals surface area contributed by atoms with E-state index >= 15 is 0 Å². The Morgan fingerprint density at radius 3 is 2.55 bits per heavy atom. The molecule has 0 radical (unpaired) electrons. The number of sulfonamides is 1. The van der Waals surface area contributed by atoms with Gasteiger partial charge in [-0.3, -0.25) is 9.10 Å². The van der Waals surface area contributed by atoms with E-state index < -0.39 is 15.8 Å². The quantitative estimate of drug-likeness (QED) is 0.766. The zero-order valence-corrected chi connectivity index (χ0v) is 13.6. The molecule has 6 nitrogen and oxygen atoms in total. The van der Waals surface area contributed by atoms with Gasteiger partial charge in [0, 0.05) is 0 Å². The van der Waals surface area contributed by atoms with E-state index in [0.717, 1.165) is 29.7 Å². The molecule has 0 saturated carbocycles. The van der Waals surface area contributed by atoms with E-state index in [1.54, 1.807) is 4.90 Å². The van der Waals surface area contributed by atoms with Crippen molar-refractivity contribution >= 4 is 21.6 Å². The molecule has 0 aliphatic carbocycles. The van der Waals surface area contributed by atoms with Gasteiger partial charge in [-0.1, -0.05) is 6.07 Å². The van der Waals surface area contributed by atoms with Crippen LogP contribution < -0.4 is 9.21 Å². The monoisotopic (exact) mass is 330 g/mol. The lowest BCUT2D eigenvalue weighted by Crippen LogP contribution is -3.12. The van der Waals surface area contributed by atoms with Crippen LogP contribution in [0.1, 0.15) is 0 Å². The summed E-state index contributed by atoms with van der Waals surface area (Å²) in [5.74, 6) is -0.802. The molecule has 2 rings (SSSR count). The highest BCUT2D eigenvalue weighted by Crippen LogP contribution is 2.18. The van der Waals surface area contributed by atoms with Crippen molar-refractivity contribution in [1.29, 1.82) is 0 Å². The Bertz CT molecular complexity index is 642. The molecule has 8 heteroatoms. The summed E-state index contributed by atoms with van der Waals surface area (Å²) in [6, 6.07) is 5.25. The SMILES string of the molecule is C[NH+]1CCN(C(=O)CN(c2cccc(F)c2)S(C)(=O)=O)CC1. The van der Waals surface area contributed by atoms with E-state index in [1.165, 1.54) is 23.1 Å². The second kappa shape index (κ2) is 6.62. The predicted octanol–water partition coefficient (Wildman–Crippen LogP) is -1.05. The molecule has 1 saturated heterocycles. The van der Waals surface area contributed by atoms with Gasteiger partial charge in [0.25, 0.3) is 0 Å². The molecule has 1 fully saturated rings. The van der Waals surface area contributed by atoms with Crippen LogP contribution >= 0.6 is 0 Å². The molecule has 1 aromatic carbocycles. The van der Waals surface area contributed by atoms with E-state index in [0.29, 0.717) is 13.1 Å². The predicted molar refractivity (Wildman–Crippen MR) is 81.8 cm³/mol. The van der Waals surface area contributed by atoms with Gasteiger partial charge >= 0.3 is 0 Å². The molecule has 1 aliphatic heterocycles. The minimum atomic E-state index is -3.67. The fourth-order valence-corrected chi connectivity index (χ4v) is 3.23. The Morgan fingerprint density at radius 1 is 1.36 bits per heavy atom. The lowest BCUT2D eigenvalue weighted by atomic mass is 10.3. The number of nitrogens with zero attached hydrogens (tertiary/aromatic N) is 2. The number of rotatable bonds is 4. The molecule has 1 heterocycles. The average molecular weight is 330 g/mol. The molecular formula is C14H21FN3O3S+. The third-order valence-corrected chi connectivity index (χ3v) is 4.89. The Kier molecular flexibility index (Phi) is 5.02. The maximum Gasteiger partial charge on any atom is 0.243 e. The number of piperazine rings is 1. The first-order valence-electron chi connectivity index (χ1n) is 7.10. The zero-order chi connectivity index (χ0) is 16.3. The third-order valence-electron chi connectivity index (χ3n) is 3.75. The molecule has 0 aromatic heterocycles. The number of halogens is 1. The minimum absolute atomic E-state index is 0.163. The topological polar surface area (TPSA) is 62.1 Å². The number of nitrogens with one attached hydrogen (secondary N) is 1. The van der Waals surface area contributed by atoms with E-state index in [4.69, 9.17) is 0 Å². The van der Waals surface area contributed by atoms with Gasteiger partial charge in [0.05, 0.1) is 45.2 Å². The molecule has 1 aliphatic rings. The van der Waals surface area contributed by atoms with Gasteiger partial charge in [-0.05, 0) is 18.2 Å². The zero-order valence-electron chi connectivity index (χ0n) is 12.8. The average Bonchev–Trinajstić information content (AvgIpc) is 2.44. The van der Waals surface area contributed by atoms with Gasteiger partial charge in [0.15, 0.2) is 0 Å². The van der Waals surface area contributed by atoms with Gasteiger partial charge in [-0.2, -0.15) is 0 Å². The van der Waals surface area contributed by atoms with Crippen LogP contribution in [0.25, 0.3) is 0 Å². The lowest BCUT2D eigenvalue weighted by Gasteiger charge is -2.32. The van der Waals surface area contributed by atoms with Crippen molar-refractivity contribution in [2.24, 2.45) is 0 Å². The number of carbonyl (C=O) groups is 1. The summed E-state index contributed by atoms with van der Waals surface area (Å²) in [5, 5.41) is 0. The van der Waals surface area contributed by atoms with Crippen molar-refractivity contribution in [2.75, 3.05) is 50.3 Å². The molecule has 0 unspecified atom stereocenters. The molecule has 1 aromatic rings. The molecule has 0 bridgehead atoms. The summed E-state index contributed by atoms with van der Waals surface area (Å²) < 4.78 is 38.2. The number of anilines is 1. The molecule has 1 amide bonds. The van der Waals surface area contributed by atoms with Crippen LogP contribution in [0.5, 0.6) is 0 Å². The van der Waals surface area contributed by atoms with Gasteiger partial charge in [-0.25, -0.2) is 12.8 Å². The maximum atomic E-state index is 13.3. The van der Waals surface area contributed by atoms with Crippen LogP contribution in [0, 0.1) is 5.82 Å². The van der Waals surface area contributed by atoms with Crippen molar-refractivity contribution in [3.8, 4) is 0 Å². The minimum Gasteiger partial charge on any atom is -0.334 e. The fourth-order valence-electron chi connectivity index (χ4n) is 2.39. The number of hydrogen-bond donors (Lipinski definition) is 1. The highest BCUT2D eigenvalue weighted by molar-refractivity contribution is 7.92. The van der Waals surface area contributed by atoms with Gasteiger partial charge in [0.1, 0.15) is 12.4 Å². The van der Waals surface area contributed by atoms with E-state index in [-0.39, 0.29) is 18.1 Å². The number of benzene rings is 1. The standard InChI is InChI=1S/C14H20FN3O3S/c1-16-6-8-17(9-7-16)14(19)11-18(22(2,20)21)13-5-3-4-12(15)10-13/h3-5,10H,6-9,11H2,1-2H3/p+1. The third kappa shape index (κ3) is 4.17. The van der Waals surface area contributed by atoms with Crippen LogP contribution in [-0.2, 0) is 14.8 Å². The van der Waals surface area contributed by atoms with Crippen LogP contribution in [0.4, 0.5) is 10.1 Å². The molecule has 0 spiro atoms. The van der Waals surface area contributed by atoms with Gasteiger partial charge in [0.2, 0.25) is 15.9 Å². The summed E-state index contributed by atoms with van der Waals surface area (Å²) in [5.41, 5.74) is 0.163. The number of amides is 1. The summed E-state index contributed by atoms with van der Waals surface area (Å²) in [7, 11) is -1.61. The van der Waals surface area contributed by atoms with Gasteiger partial charge in [-0.15, -0.1) is 0 Å². The van der Waals surface area contributed by atoms with Crippen molar-refractivity contribution < 1.29 is 22.5 Å².